The first-order chi connectivity index (χ1) is 8.33. The van der Waals surface area contributed by atoms with Crippen LogP contribution in [0.15, 0.2) is 22.8 Å². The van der Waals surface area contributed by atoms with E-state index in [-0.39, 0.29) is 0 Å². The van der Waals surface area contributed by atoms with Gasteiger partial charge in [0, 0.05) is 18.6 Å². The SMILES string of the molecule is NC(CCN(Cc1ccco1)C1CC1)C1CC1. The fourth-order valence-electron chi connectivity index (χ4n) is 2.51. The standard InChI is InChI=1S/C14H22N2O/c15-14(11-3-4-11)7-8-16(12-5-6-12)10-13-2-1-9-17-13/h1-2,9,11-12,14H,3-8,10,15H2. The molecule has 2 N–H and O–H groups in total. The van der Waals surface area contributed by atoms with Crippen LogP contribution in [0.3, 0.4) is 0 Å². The number of furan rings is 1. The van der Waals surface area contributed by atoms with Crippen molar-refractivity contribution in [3.05, 3.63) is 24.2 Å². The Bertz CT molecular complexity index is 341. The van der Waals surface area contributed by atoms with E-state index in [4.69, 9.17) is 10.2 Å². The molecule has 0 aliphatic heterocycles. The average Bonchev–Trinajstić information content (AvgIpc) is 3.23. The van der Waals surface area contributed by atoms with Gasteiger partial charge in [-0.25, -0.2) is 0 Å². The van der Waals surface area contributed by atoms with Crippen LogP contribution in [-0.4, -0.2) is 23.5 Å². The number of hydrogen-bond acceptors (Lipinski definition) is 3. The fraction of sp³-hybridized carbons (Fsp3) is 0.714. The van der Waals surface area contributed by atoms with Crippen LogP contribution in [0.25, 0.3) is 0 Å². The van der Waals surface area contributed by atoms with Crippen molar-refractivity contribution < 1.29 is 4.42 Å². The van der Waals surface area contributed by atoms with Crippen molar-refractivity contribution in [3.63, 3.8) is 0 Å². The van der Waals surface area contributed by atoms with E-state index in [9.17, 15) is 0 Å². The third-order valence-corrected chi connectivity index (χ3v) is 3.98. The van der Waals surface area contributed by atoms with Crippen molar-refractivity contribution in [3.8, 4) is 0 Å². The molecule has 1 atom stereocenters. The third-order valence-electron chi connectivity index (χ3n) is 3.98. The summed E-state index contributed by atoms with van der Waals surface area (Å²) in [6, 6.07) is 5.24. The maximum Gasteiger partial charge on any atom is 0.117 e. The lowest BCUT2D eigenvalue weighted by atomic mass is 10.1. The molecule has 2 aliphatic carbocycles. The predicted molar refractivity (Wildman–Crippen MR) is 67.5 cm³/mol. The van der Waals surface area contributed by atoms with E-state index in [0.717, 1.165) is 37.2 Å². The van der Waals surface area contributed by atoms with Gasteiger partial charge in [-0.05, 0) is 50.2 Å². The first-order valence-corrected chi connectivity index (χ1v) is 6.85. The van der Waals surface area contributed by atoms with Gasteiger partial charge in [-0.1, -0.05) is 0 Å². The van der Waals surface area contributed by atoms with Gasteiger partial charge in [-0.3, -0.25) is 4.90 Å². The molecule has 2 aliphatic rings. The van der Waals surface area contributed by atoms with Crippen LogP contribution in [0.4, 0.5) is 0 Å². The molecular formula is C14H22N2O. The van der Waals surface area contributed by atoms with Crippen molar-refractivity contribution in [1.29, 1.82) is 0 Å². The highest BCUT2D eigenvalue weighted by atomic mass is 16.3. The van der Waals surface area contributed by atoms with Crippen molar-refractivity contribution in [2.45, 2.75) is 50.7 Å². The molecule has 17 heavy (non-hydrogen) atoms. The number of nitrogens with zero attached hydrogens (tertiary/aromatic N) is 1. The number of rotatable bonds is 7. The average molecular weight is 234 g/mol. The molecule has 0 saturated heterocycles. The summed E-state index contributed by atoms with van der Waals surface area (Å²) in [6.45, 7) is 2.08. The first kappa shape index (κ1) is 11.3. The smallest absolute Gasteiger partial charge is 0.117 e. The minimum atomic E-state index is 0.424. The summed E-state index contributed by atoms with van der Waals surface area (Å²) in [6.07, 6.45) is 8.29. The van der Waals surface area contributed by atoms with Gasteiger partial charge in [0.25, 0.3) is 0 Å². The molecule has 2 fully saturated rings. The predicted octanol–water partition coefficient (Wildman–Crippen LogP) is 2.37. The number of nitrogens with two attached hydrogens (primary N) is 1. The normalized spacial score (nSPS) is 22.0. The lowest BCUT2D eigenvalue weighted by Gasteiger charge is -2.22. The van der Waals surface area contributed by atoms with Crippen molar-refractivity contribution >= 4 is 0 Å². The first-order valence-electron chi connectivity index (χ1n) is 6.85. The summed E-state index contributed by atoms with van der Waals surface area (Å²) >= 11 is 0. The molecule has 0 radical (unpaired) electrons. The molecule has 94 valence electrons. The van der Waals surface area contributed by atoms with Crippen LogP contribution >= 0.6 is 0 Å². The lowest BCUT2D eigenvalue weighted by molar-refractivity contribution is 0.222. The second kappa shape index (κ2) is 4.83. The Morgan fingerprint density at radius 2 is 2.18 bits per heavy atom. The van der Waals surface area contributed by atoms with Gasteiger partial charge in [0.15, 0.2) is 0 Å². The zero-order valence-corrected chi connectivity index (χ0v) is 10.3. The Balaban J connectivity index is 1.49. The van der Waals surface area contributed by atoms with E-state index >= 15 is 0 Å². The molecule has 1 aromatic heterocycles. The molecule has 0 amide bonds. The van der Waals surface area contributed by atoms with E-state index in [2.05, 4.69) is 11.0 Å². The Labute approximate surface area is 103 Å². The molecule has 3 heteroatoms. The summed E-state index contributed by atoms with van der Waals surface area (Å²) in [7, 11) is 0. The molecule has 0 aromatic carbocycles. The molecule has 3 rings (SSSR count). The molecule has 1 aromatic rings. The zero-order chi connectivity index (χ0) is 11.7. The van der Waals surface area contributed by atoms with Crippen molar-refractivity contribution in [2.75, 3.05) is 6.54 Å². The molecule has 0 bridgehead atoms. The van der Waals surface area contributed by atoms with Crippen molar-refractivity contribution in [2.24, 2.45) is 11.7 Å². The van der Waals surface area contributed by atoms with Gasteiger partial charge in [-0.15, -0.1) is 0 Å². The summed E-state index contributed by atoms with van der Waals surface area (Å²) in [5, 5.41) is 0. The highest BCUT2D eigenvalue weighted by Gasteiger charge is 2.32. The molecule has 0 spiro atoms. The van der Waals surface area contributed by atoms with Crippen LogP contribution in [-0.2, 0) is 6.54 Å². The van der Waals surface area contributed by atoms with Crippen LogP contribution in [0.2, 0.25) is 0 Å². The van der Waals surface area contributed by atoms with Crippen LogP contribution in [0, 0.1) is 5.92 Å². The topological polar surface area (TPSA) is 42.4 Å². The van der Waals surface area contributed by atoms with E-state index in [1.54, 1.807) is 6.26 Å². The molecule has 2 saturated carbocycles. The van der Waals surface area contributed by atoms with Gasteiger partial charge in [0.2, 0.25) is 0 Å². The van der Waals surface area contributed by atoms with E-state index in [1.807, 2.05) is 6.07 Å². The molecule has 3 nitrogen and oxygen atoms in total. The van der Waals surface area contributed by atoms with Gasteiger partial charge < -0.3 is 10.2 Å². The highest BCUT2D eigenvalue weighted by molar-refractivity contribution is 5.00. The Morgan fingerprint density at radius 3 is 2.76 bits per heavy atom. The maximum atomic E-state index is 6.17. The van der Waals surface area contributed by atoms with Crippen LogP contribution in [0.5, 0.6) is 0 Å². The fourth-order valence-corrected chi connectivity index (χ4v) is 2.51. The second-order valence-corrected chi connectivity index (χ2v) is 5.57. The van der Waals surface area contributed by atoms with Crippen molar-refractivity contribution in [1.82, 2.24) is 4.90 Å². The molecular weight excluding hydrogens is 212 g/mol. The number of hydrogen-bond donors (Lipinski definition) is 1. The van der Waals surface area contributed by atoms with Gasteiger partial charge >= 0.3 is 0 Å². The minimum Gasteiger partial charge on any atom is -0.468 e. The summed E-state index contributed by atoms with van der Waals surface area (Å²) < 4.78 is 5.44. The maximum absolute atomic E-state index is 6.17. The van der Waals surface area contributed by atoms with Crippen LogP contribution < -0.4 is 5.73 Å². The summed E-state index contributed by atoms with van der Waals surface area (Å²) in [4.78, 5) is 2.54. The Kier molecular flexibility index (Phi) is 3.21. The Morgan fingerprint density at radius 1 is 1.35 bits per heavy atom. The van der Waals surface area contributed by atoms with E-state index in [0.29, 0.717) is 6.04 Å². The van der Waals surface area contributed by atoms with E-state index in [1.165, 1.54) is 25.7 Å². The van der Waals surface area contributed by atoms with Gasteiger partial charge in [0.05, 0.1) is 12.8 Å². The quantitative estimate of drug-likeness (QED) is 0.787. The third kappa shape index (κ3) is 3.11. The summed E-state index contributed by atoms with van der Waals surface area (Å²) in [5.74, 6) is 1.90. The zero-order valence-electron chi connectivity index (χ0n) is 10.3. The van der Waals surface area contributed by atoms with Crippen LogP contribution in [0.1, 0.15) is 37.9 Å². The van der Waals surface area contributed by atoms with E-state index < -0.39 is 0 Å². The largest absolute Gasteiger partial charge is 0.468 e. The minimum absolute atomic E-state index is 0.424. The molecule has 1 heterocycles. The monoisotopic (exact) mass is 234 g/mol. The summed E-state index contributed by atoms with van der Waals surface area (Å²) in [5.41, 5.74) is 6.17. The van der Waals surface area contributed by atoms with Gasteiger partial charge in [-0.2, -0.15) is 0 Å². The highest BCUT2D eigenvalue weighted by Crippen LogP contribution is 2.34. The van der Waals surface area contributed by atoms with Gasteiger partial charge in [0.1, 0.15) is 5.76 Å². The molecule has 1 unspecified atom stereocenters. The second-order valence-electron chi connectivity index (χ2n) is 5.57. The lowest BCUT2D eigenvalue weighted by Crippen LogP contribution is -2.32. The Hall–Kier alpha value is -0.800.